The average Bonchev–Trinajstić information content (AvgIpc) is 3.21. The molecule has 1 aromatic heterocycles. The van der Waals surface area contributed by atoms with Crippen molar-refractivity contribution in [1.29, 1.82) is 0 Å². The molecular weight excluding hydrogens is 344 g/mol. The van der Waals surface area contributed by atoms with Gasteiger partial charge in [-0.1, -0.05) is 13.3 Å². The van der Waals surface area contributed by atoms with Gasteiger partial charge in [-0.15, -0.1) is 0 Å². The van der Waals surface area contributed by atoms with Gasteiger partial charge >= 0.3 is 5.63 Å². The number of aromatic hydroxyl groups is 1. The van der Waals surface area contributed by atoms with Crippen LogP contribution in [0.1, 0.15) is 69.6 Å². The van der Waals surface area contributed by atoms with Crippen LogP contribution in [0, 0.1) is 11.3 Å². The van der Waals surface area contributed by atoms with Gasteiger partial charge in [0.05, 0.1) is 6.26 Å². The van der Waals surface area contributed by atoms with Gasteiger partial charge in [0.2, 0.25) is 0 Å². The van der Waals surface area contributed by atoms with E-state index in [-0.39, 0.29) is 16.7 Å². The van der Waals surface area contributed by atoms with Crippen LogP contribution in [-0.4, -0.2) is 18.3 Å². The second-order valence-electron chi connectivity index (χ2n) is 8.66. The molecule has 0 radical (unpaired) electrons. The molecule has 2 atom stereocenters. The fourth-order valence-corrected chi connectivity index (χ4v) is 4.93. The van der Waals surface area contributed by atoms with E-state index in [1.54, 1.807) is 12.3 Å². The fourth-order valence-electron chi connectivity index (χ4n) is 4.93. The fraction of sp³-hybridized carbons (Fsp3) is 0.682. The average molecular weight is 374 g/mol. The summed E-state index contributed by atoms with van der Waals surface area (Å²) in [5, 5.41) is 10.7. The van der Waals surface area contributed by atoms with Gasteiger partial charge in [0.1, 0.15) is 22.7 Å². The number of hydrogen-bond acceptors (Lipinski definition) is 5. The molecule has 1 aliphatic carbocycles. The van der Waals surface area contributed by atoms with Crippen LogP contribution in [0.4, 0.5) is 0 Å². The number of rotatable bonds is 7. The molecule has 4 rings (SSSR count). The summed E-state index contributed by atoms with van der Waals surface area (Å²) in [6.45, 7) is 3.77. The molecule has 1 saturated carbocycles. The van der Waals surface area contributed by atoms with Crippen LogP contribution in [0.15, 0.2) is 27.6 Å². The highest BCUT2D eigenvalue weighted by Gasteiger charge is 2.46. The minimum atomic E-state index is -0.783. The second kappa shape index (κ2) is 7.34. The molecule has 2 aliphatic heterocycles. The van der Waals surface area contributed by atoms with Crippen LogP contribution in [0.5, 0.6) is 5.75 Å². The summed E-state index contributed by atoms with van der Waals surface area (Å²) in [7, 11) is 0. The number of hydrogen-bond donors (Lipinski definition) is 1. The Morgan fingerprint density at radius 3 is 2.78 bits per heavy atom. The normalized spacial score (nSPS) is 28.9. The van der Waals surface area contributed by atoms with Crippen LogP contribution in [0.2, 0.25) is 0 Å². The van der Waals surface area contributed by atoms with E-state index in [1.165, 1.54) is 6.42 Å². The van der Waals surface area contributed by atoms with E-state index in [4.69, 9.17) is 13.9 Å². The van der Waals surface area contributed by atoms with Crippen molar-refractivity contribution in [1.82, 2.24) is 0 Å². The van der Waals surface area contributed by atoms with Gasteiger partial charge < -0.3 is 19.0 Å². The van der Waals surface area contributed by atoms with Crippen molar-refractivity contribution >= 4 is 0 Å². The first-order valence-corrected chi connectivity index (χ1v) is 10.3. The maximum atomic E-state index is 12.8. The largest absolute Gasteiger partial charge is 0.507 e. The first kappa shape index (κ1) is 18.6. The third kappa shape index (κ3) is 3.79. The zero-order valence-electron chi connectivity index (χ0n) is 16.2. The quantitative estimate of drug-likeness (QED) is 0.765. The summed E-state index contributed by atoms with van der Waals surface area (Å²) in [5.74, 6) is 1.20. The molecule has 0 amide bonds. The highest BCUT2D eigenvalue weighted by Crippen LogP contribution is 2.54. The Kier molecular flexibility index (Phi) is 5.06. The Hall–Kier alpha value is -1.75. The summed E-state index contributed by atoms with van der Waals surface area (Å²) in [6.07, 6.45) is 12.1. The van der Waals surface area contributed by atoms with Crippen LogP contribution < -0.4 is 5.63 Å². The van der Waals surface area contributed by atoms with E-state index in [0.29, 0.717) is 30.9 Å². The molecule has 1 saturated heterocycles. The van der Waals surface area contributed by atoms with E-state index in [2.05, 4.69) is 0 Å². The van der Waals surface area contributed by atoms with Crippen LogP contribution in [0.25, 0.3) is 0 Å². The summed E-state index contributed by atoms with van der Waals surface area (Å²) < 4.78 is 17.1. The van der Waals surface area contributed by atoms with Gasteiger partial charge in [-0.2, -0.15) is 0 Å². The van der Waals surface area contributed by atoms with Gasteiger partial charge in [0.25, 0.3) is 0 Å². The van der Waals surface area contributed by atoms with E-state index in [9.17, 15) is 9.90 Å². The molecule has 0 spiro atoms. The maximum absolute atomic E-state index is 12.8. The lowest BCUT2D eigenvalue weighted by Gasteiger charge is -2.29. The molecule has 5 heteroatoms. The molecular formula is C22H30O5. The van der Waals surface area contributed by atoms with Crippen molar-refractivity contribution in [3.05, 3.63) is 40.1 Å². The lowest BCUT2D eigenvalue weighted by molar-refractivity contribution is 0.0255. The summed E-state index contributed by atoms with van der Waals surface area (Å²) in [5.41, 5.74) is -0.765. The Morgan fingerprint density at radius 2 is 2.19 bits per heavy atom. The van der Waals surface area contributed by atoms with Crippen molar-refractivity contribution in [3.8, 4) is 5.75 Å². The second-order valence-corrected chi connectivity index (χ2v) is 8.66. The Labute approximate surface area is 160 Å². The zero-order valence-corrected chi connectivity index (χ0v) is 16.2. The minimum absolute atomic E-state index is 0.00944. The monoisotopic (exact) mass is 374 g/mol. The van der Waals surface area contributed by atoms with Gasteiger partial charge in [0, 0.05) is 32.1 Å². The molecule has 3 aliphatic rings. The Bertz CT molecular complexity index is 744. The lowest BCUT2D eigenvalue weighted by Crippen LogP contribution is -2.31. The molecule has 1 aromatic rings. The molecule has 148 valence electrons. The maximum Gasteiger partial charge on any atom is 0.346 e. The van der Waals surface area contributed by atoms with Gasteiger partial charge in [-0.05, 0) is 55.9 Å². The predicted octanol–water partition coefficient (Wildman–Crippen LogP) is 4.41. The summed E-state index contributed by atoms with van der Waals surface area (Å²) in [4.78, 5) is 12.8. The molecule has 27 heavy (non-hydrogen) atoms. The molecule has 3 heterocycles. The van der Waals surface area contributed by atoms with Gasteiger partial charge in [-0.3, -0.25) is 0 Å². The molecule has 0 bridgehead atoms. The van der Waals surface area contributed by atoms with Crippen LogP contribution in [0.3, 0.4) is 0 Å². The molecule has 2 fully saturated rings. The summed E-state index contributed by atoms with van der Waals surface area (Å²) >= 11 is 0. The van der Waals surface area contributed by atoms with Gasteiger partial charge in [-0.25, -0.2) is 4.79 Å². The van der Waals surface area contributed by atoms with Gasteiger partial charge in [0.15, 0.2) is 0 Å². The van der Waals surface area contributed by atoms with Crippen molar-refractivity contribution in [2.45, 2.75) is 70.3 Å². The third-order valence-corrected chi connectivity index (χ3v) is 6.41. The Morgan fingerprint density at radius 1 is 1.33 bits per heavy atom. The van der Waals surface area contributed by atoms with Crippen molar-refractivity contribution < 1.29 is 19.0 Å². The van der Waals surface area contributed by atoms with Crippen LogP contribution >= 0.6 is 0 Å². The first-order chi connectivity index (χ1) is 13.1. The molecule has 2 unspecified atom stereocenters. The lowest BCUT2D eigenvalue weighted by atomic mass is 9.85. The smallest absolute Gasteiger partial charge is 0.346 e. The topological polar surface area (TPSA) is 68.9 Å². The third-order valence-electron chi connectivity index (χ3n) is 6.41. The number of ether oxygens (including phenoxy) is 2. The minimum Gasteiger partial charge on any atom is -0.507 e. The van der Waals surface area contributed by atoms with E-state index >= 15 is 0 Å². The zero-order chi connectivity index (χ0) is 18.9. The van der Waals surface area contributed by atoms with E-state index in [1.807, 2.05) is 13.0 Å². The molecule has 0 aromatic carbocycles. The van der Waals surface area contributed by atoms with Crippen molar-refractivity contribution in [3.63, 3.8) is 0 Å². The molecule has 1 N–H and O–H groups in total. The van der Waals surface area contributed by atoms with Crippen molar-refractivity contribution in [2.75, 3.05) is 13.2 Å². The van der Waals surface area contributed by atoms with E-state index in [0.717, 1.165) is 45.3 Å². The SMILES string of the molecule is CCCC1(c2c(O)cc(CC3(CC4CCCOC4)CC3)oc2=O)CC=CO1. The summed E-state index contributed by atoms with van der Waals surface area (Å²) in [6, 6.07) is 1.65. The molecule has 5 nitrogen and oxygen atoms in total. The highest BCUT2D eigenvalue weighted by molar-refractivity contribution is 5.37. The van der Waals surface area contributed by atoms with E-state index < -0.39 is 11.2 Å². The standard InChI is InChI=1S/C22H30O5/c1-2-6-22(7-4-11-26-22)19-18(23)12-17(27-20(19)24)14-21(8-9-21)13-16-5-3-10-25-15-16/h4,11-12,16,23H,2-3,5-10,13-15H2,1H3. The highest BCUT2D eigenvalue weighted by atomic mass is 16.5. The Balaban J connectivity index is 1.53. The predicted molar refractivity (Wildman–Crippen MR) is 102 cm³/mol. The first-order valence-electron chi connectivity index (χ1n) is 10.3. The van der Waals surface area contributed by atoms with Crippen molar-refractivity contribution in [2.24, 2.45) is 11.3 Å². The van der Waals surface area contributed by atoms with Crippen LogP contribution in [-0.2, 0) is 21.5 Å².